The molecule has 0 aliphatic carbocycles. The molecular weight excluding hydrogens is 769 g/mol. The van der Waals surface area contributed by atoms with Gasteiger partial charge in [-0.05, 0) is 64.2 Å². The van der Waals surface area contributed by atoms with Gasteiger partial charge in [0.25, 0.3) is 0 Å². The maximum absolute atomic E-state index is 12.8. The Labute approximate surface area is 382 Å². The molecule has 62 heavy (non-hydrogen) atoms. The van der Waals surface area contributed by atoms with E-state index in [9.17, 15) is 14.4 Å². The highest BCUT2D eigenvalue weighted by molar-refractivity contribution is 5.71. The maximum atomic E-state index is 12.8. The van der Waals surface area contributed by atoms with Gasteiger partial charge in [0.05, 0.1) is 0 Å². The van der Waals surface area contributed by atoms with Gasteiger partial charge in [-0.25, -0.2) is 0 Å². The van der Waals surface area contributed by atoms with Crippen LogP contribution in [-0.4, -0.2) is 37.2 Å². The Kier molecular flexibility index (Phi) is 47.9. The van der Waals surface area contributed by atoms with Gasteiger partial charge in [0.1, 0.15) is 13.2 Å². The second-order valence-corrected chi connectivity index (χ2v) is 17.2. The summed E-state index contributed by atoms with van der Waals surface area (Å²) in [4.78, 5) is 37.9. The minimum absolute atomic E-state index is 0.0859. The molecule has 0 aromatic rings. The zero-order valence-corrected chi connectivity index (χ0v) is 40.6. The first-order valence-electron chi connectivity index (χ1n) is 26.0. The predicted octanol–water partition coefficient (Wildman–Crippen LogP) is 17.0. The highest BCUT2D eigenvalue weighted by Gasteiger charge is 2.19. The fourth-order valence-electron chi connectivity index (χ4n) is 7.11. The summed E-state index contributed by atoms with van der Waals surface area (Å²) in [6.45, 7) is 6.51. The molecule has 0 aromatic heterocycles. The first-order valence-corrected chi connectivity index (χ1v) is 26.0. The largest absolute Gasteiger partial charge is 0.462 e. The molecule has 0 saturated heterocycles. The van der Waals surface area contributed by atoms with Gasteiger partial charge in [-0.3, -0.25) is 14.4 Å². The molecule has 0 saturated carbocycles. The van der Waals surface area contributed by atoms with Gasteiger partial charge in [-0.15, -0.1) is 0 Å². The molecule has 0 radical (unpaired) electrons. The molecule has 0 rings (SSSR count). The summed E-state index contributed by atoms with van der Waals surface area (Å²) >= 11 is 0. The average Bonchev–Trinajstić information content (AvgIpc) is 3.27. The molecule has 1 unspecified atom stereocenters. The lowest BCUT2D eigenvalue weighted by Gasteiger charge is -2.18. The fraction of sp³-hybridized carbons (Fsp3) is 0.732. The molecular formula is C56H96O6. The zero-order valence-electron chi connectivity index (χ0n) is 40.6. The number of unbranched alkanes of at least 4 members (excludes halogenated alkanes) is 27. The van der Waals surface area contributed by atoms with Gasteiger partial charge < -0.3 is 14.2 Å². The number of carbonyl (C=O) groups excluding carboxylic acids is 3. The molecule has 0 amide bonds. The van der Waals surface area contributed by atoms with Crippen molar-refractivity contribution in [2.75, 3.05) is 13.2 Å². The Morgan fingerprint density at radius 3 is 1.02 bits per heavy atom. The summed E-state index contributed by atoms with van der Waals surface area (Å²) in [6.07, 6.45) is 63.1. The van der Waals surface area contributed by atoms with E-state index in [2.05, 4.69) is 69.4 Å². The standard InChI is InChI=1S/C56H96O6/c1-4-7-10-13-16-19-22-24-26-28-29-31-32-34-37-40-43-46-49-55(58)61-52-53(51-60-54(57)48-45-42-39-36-21-18-15-12-9-6-3)62-56(59)50-47-44-41-38-35-33-30-27-25-23-20-17-14-11-8-5-2/h10,13,16,19,22,24,26-31,53H,4-9,11-12,14-15,17-18,20-21,23,25,32-52H2,1-3H3/b13-10-,19-16-,24-22-,28-26-,30-27-,31-29-. The first-order chi connectivity index (χ1) is 30.5. The molecule has 0 heterocycles. The van der Waals surface area contributed by atoms with Crippen LogP contribution < -0.4 is 0 Å². The second-order valence-electron chi connectivity index (χ2n) is 17.2. The first kappa shape index (κ1) is 58.9. The van der Waals surface area contributed by atoms with Crippen molar-refractivity contribution < 1.29 is 28.6 Å². The van der Waals surface area contributed by atoms with Crippen LogP contribution in [0.1, 0.15) is 245 Å². The van der Waals surface area contributed by atoms with Crippen molar-refractivity contribution >= 4 is 17.9 Å². The van der Waals surface area contributed by atoms with Crippen LogP contribution in [0.15, 0.2) is 72.9 Å². The van der Waals surface area contributed by atoms with Crippen LogP contribution in [0.4, 0.5) is 0 Å². The van der Waals surface area contributed by atoms with Crippen LogP contribution in [0, 0.1) is 0 Å². The Bertz CT molecular complexity index is 1180. The van der Waals surface area contributed by atoms with E-state index in [0.717, 1.165) is 96.3 Å². The molecule has 0 fully saturated rings. The second kappa shape index (κ2) is 50.5. The molecule has 0 aliphatic heterocycles. The average molecular weight is 865 g/mol. The van der Waals surface area contributed by atoms with Crippen molar-refractivity contribution in [3.05, 3.63) is 72.9 Å². The molecule has 356 valence electrons. The van der Waals surface area contributed by atoms with Gasteiger partial charge >= 0.3 is 17.9 Å². The summed E-state index contributed by atoms with van der Waals surface area (Å²) in [5.41, 5.74) is 0. The molecule has 0 N–H and O–H groups in total. The lowest BCUT2D eigenvalue weighted by molar-refractivity contribution is -0.167. The molecule has 0 aromatic carbocycles. The number of ether oxygens (including phenoxy) is 3. The van der Waals surface area contributed by atoms with E-state index in [1.54, 1.807) is 0 Å². The Morgan fingerprint density at radius 2 is 0.629 bits per heavy atom. The Balaban J connectivity index is 4.42. The summed E-state index contributed by atoms with van der Waals surface area (Å²) in [5, 5.41) is 0. The lowest BCUT2D eigenvalue weighted by Crippen LogP contribution is -2.30. The van der Waals surface area contributed by atoms with E-state index < -0.39 is 6.10 Å². The van der Waals surface area contributed by atoms with Gasteiger partial charge in [0, 0.05) is 19.3 Å². The number of hydrogen-bond donors (Lipinski definition) is 0. The summed E-state index contributed by atoms with van der Waals surface area (Å²) < 4.78 is 16.8. The minimum Gasteiger partial charge on any atom is -0.462 e. The third-order valence-electron chi connectivity index (χ3n) is 11.0. The topological polar surface area (TPSA) is 78.9 Å². The minimum atomic E-state index is -0.788. The number of allylic oxidation sites excluding steroid dienone is 12. The van der Waals surface area contributed by atoms with Gasteiger partial charge in [0.15, 0.2) is 6.10 Å². The molecule has 6 nitrogen and oxygen atoms in total. The van der Waals surface area contributed by atoms with Crippen molar-refractivity contribution in [3.63, 3.8) is 0 Å². The van der Waals surface area contributed by atoms with E-state index in [1.165, 1.54) is 109 Å². The van der Waals surface area contributed by atoms with E-state index >= 15 is 0 Å². The van der Waals surface area contributed by atoms with Crippen molar-refractivity contribution in [3.8, 4) is 0 Å². The van der Waals surface area contributed by atoms with Gasteiger partial charge in [-0.1, -0.05) is 235 Å². The molecule has 0 aliphatic rings. The molecule has 6 heteroatoms. The van der Waals surface area contributed by atoms with Crippen LogP contribution in [0.25, 0.3) is 0 Å². The molecule has 0 bridgehead atoms. The highest BCUT2D eigenvalue weighted by Crippen LogP contribution is 2.14. The molecule has 0 spiro atoms. The summed E-state index contributed by atoms with van der Waals surface area (Å²) in [7, 11) is 0. The smallest absolute Gasteiger partial charge is 0.306 e. The van der Waals surface area contributed by atoms with Gasteiger partial charge in [-0.2, -0.15) is 0 Å². The van der Waals surface area contributed by atoms with E-state index in [0.29, 0.717) is 19.3 Å². The molecule has 1 atom stereocenters. The Morgan fingerprint density at radius 1 is 0.323 bits per heavy atom. The normalized spacial score (nSPS) is 12.6. The number of carbonyl (C=O) groups is 3. The third-order valence-corrected chi connectivity index (χ3v) is 11.0. The van der Waals surface area contributed by atoms with Crippen molar-refractivity contribution in [1.82, 2.24) is 0 Å². The van der Waals surface area contributed by atoms with Crippen LogP contribution in [-0.2, 0) is 28.6 Å². The van der Waals surface area contributed by atoms with E-state index in [1.807, 2.05) is 24.3 Å². The highest BCUT2D eigenvalue weighted by atomic mass is 16.6. The van der Waals surface area contributed by atoms with Crippen LogP contribution >= 0.6 is 0 Å². The number of rotatable bonds is 46. The number of esters is 3. The van der Waals surface area contributed by atoms with Crippen molar-refractivity contribution in [1.29, 1.82) is 0 Å². The third kappa shape index (κ3) is 47.9. The fourth-order valence-corrected chi connectivity index (χ4v) is 7.11. The van der Waals surface area contributed by atoms with Crippen molar-refractivity contribution in [2.45, 2.75) is 252 Å². The van der Waals surface area contributed by atoms with Crippen LogP contribution in [0.5, 0.6) is 0 Å². The van der Waals surface area contributed by atoms with E-state index in [-0.39, 0.29) is 31.1 Å². The lowest BCUT2D eigenvalue weighted by atomic mass is 10.1. The van der Waals surface area contributed by atoms with E-state index in [4.69, 9.17) is 14.2 Å². The SMILES string of the molecule is CCC\C=C/C=C\C=C/C=C\C=C/CCCCCCCC(=O)OCC(COC(=O)CCCCCCCCCCCC)OC(=O)CCCCCCC/C=C\CCCCCCCCC. The zero-order chi connectivity index (χ0) is 45.1. The summed E-state index contributed by atoms with van der Waals surface area (Å²) in [6, 6.07) is 0. The number of hydrogen-bond acceptors (Lipinski definition) is 6. The summed E-state index contributed by atoms with van der Waals surface area (Å²) in [5.74, 6) is -0.919. The monoisotopic (exact) mass is 865 g/mol. The van der Waals surface area contributed by atoms with Crippen LogP contribution in [0.2, 0.25) is 0 Å². The quantitative estimate of drug-likeness (QED) is 0.0199. The van der Waals surface area contributed by atoms with Crippen molar-refractivity contribution in [2.24, 2.45) is 0 Å². The predicted molar refractivity (Wildman–Crippen MR) is 265 cm³/mol. The van der Waals surface area contributed by atoms with Crippen LogP contribution in [0.3, 0.4) is 0 Å². The van der Waals surface area contributed by atoms with Gasteiger partial charge in [0.2, 0.25) is 0 Å². The maximum Gasteiger partial charge on any atom is 0.306 e. The Hall–Kier alpha value is -3.15.